The molecule has 0 radical (unpaired) electrons. The van der Waals surface area contributed by atoms with Gasteiger partial charge in [0.2, 0.25) is 15.0 Å². The van der Waals surface area contributed by atoms with E-state index in [1.807, 2.05) is 25.1 Å². The van der Waals surface area contributed by atoms with E-state index in [1.54, 1.807) is 4.90 Å². The Balaban J connectivity index is 1.89. The summed E-state index contributed by atoms with van der Waals surface area (Å²) in [6.07, 6.45) is 0.932. The third kappa shape index (κ3) is 4.45. The fourth-order valence-electron chi connectivity index (χ4n) is 2.45. The predicted molar refractivity (Wildman–Crippen MR) is 77.0 cm³/mol. The largest absolute Gasteiger partial charge is 0.342 e. The number of hydrogen-bond donors (Lipinski definition) is 0. The number of aryl methyl sites for hydroxylation is 1. The van der Waals surface area contributed by atoms with Crippen molar-refractivity contribution in [2.24, 2.45) is 5.92 Å². The zero-order valence-electron chi connectivity index (χ0n) is 11.3. The molecule has 0 spiro atoms. The molecule has 1 fully saturated rings. The van der Waals surface area contributed by atoms with Crippen molar-refractivity contribution in [3.8, 4) is 0 Å². The van der Waals surface area contributed by atoms with E-state index in [1.165, 1.54) is 0 Å². The van der Waals surface area contributed by atoms with Crippen LogP contribution in [0.3, 0.4) is 0 Å². The van der Waals surface area contributed by atoms with Gasteiger partial charge < -0.3 is 4.90 Å². The highest BCUT2D eigenvalue weighted by Gasteiger charge is 2.31. The molecule has 2 heterocycles. The van der Waals surface area contributed by atoms with E-state index in [0.29, 0.717) is 19.5 Å². The molecule has 1 atom stereocenters. The molecule has 1 aromatic heterocycles. The quantitative estimate of drug-likeness (QED) is 0.769. The van der Waals surface area contributed by atoms with Gasteiger partial charge in [0.25, 0.3) is 0 Å². The van der Waals surface area contributed by atoms with Crippen LogP contribution in [0.15, 0.2) is 18.2 Å². The molecule has 110 valence electrons. The summed E-state index contributed by atoms with van der Waals surface area (Å²) in [4.78, 5) is 17.9. The molecular weight excluding hydrogens is 300 g/mol. The van der Waals surface area contributed by atoms with Crippen LogP contribution < -0.4 is 0 Å². The lowest BCUT2D eigenvalue weighted by Gasteiger charge is -2.16. The Morgan fingerprint density at radius 2 is 2.20 bits per heavy atom. The first-order chi connectivity index (χ1) is 9.33. The fourth-order valence-corrected chi connectivity index (χ4v) is 3.77. The van der Waals surface area contributed by atoms with Crippen molar-refractivity contribution in [1.82, 2.24) is 9.88 Å². The molecule has 1 saturated heterocycles. The average molecular weight is 317 g/mol. The zero-order chi connectivity index (χ0) is 14.8. The summed E-state index contributed by atoms with van der Waals surface area (Å²) in [5, 5.41) is 0. The molecule has 0 N–H and O–H groups in total. The monoisotopic (exact) mass is 316 g/mol. The normalized spacial score (nSPS) is 19.6. The fraction of sp³-hybridized carbons (Fsp3) is 0.538. The van der Waals surface area contributed by atoms with Gasteiger partial charge in [-0.25, -0.2) is 8.42 Å². The second-order valence-electron chi connectivity index (χ2n) is 5.14. The molecule has 1 aromatic rings. The maximum atomic E-state index is 11.8. The highest BCUT2D eigenvalue weighted by molar-refractivity contribution is 8.13. The zero-order valence-corrected chi connectivity index (χ0v) is 12.8. The van der Waals surface area contributed by atoms with Crippen molar-refractivity contribution in [3.05, 3.63) is 29.6 Å². The average Bonchev–Trinajstić information content (AvgIpc) is 2.64. The van der Waals surface area contributed by atoms with Gasteiger partial charge in [0.1, 0.15) is 0 Å². The summed E-state index contributed by atoms with van der Waals surface area (Å²) in [7, 11) is 1.69. The Labute approximate surface area is 123 Å². The molecule has 0 saturated carbocycles. The number of likely N-dealkylation sites (tertiary alicyclic amines) is 1. The second kappa shape index (κ2) is 6.10. The van der Waals surface area contributed by atoms with Crippen LogP contribution in [-0.4, -0.2) is 43.1 Å². The van der Waals surface area contributed by atoms with Gasteiger partial charge in [-0.15, -0.1) is 0 Å². The summed E-state index contributed by atoms with van der Waals surface area (Å²) in [6, 6.07) is 5.78. The summed E-state index contributed by atoms with van der Waals surface area (Å²) in [6.45, 7) is 2.94. The van der Waals surface area contributed by atoms with Gasteiger partial charge in [-0.05, 0) is 19.1 Å². The minimum Gasteiger partial charge on any atom is -0.342 e. The van der Waals surface area contributed by atoms with Crippen molar-refractivity contribution in [3.63, 3.8) is 0 Å². The molecule has 7 heteroatoms. The molecule has 2 rings (SSSR count). The highest BCUT2D eigenvalue weighted by atomic mass is 35.7. The third-order valence-electron chi connectivity index (χ3n) is 3.31. The number of hydrogen-bond acceptors (Lipinski definition) is 4. The van der Waals surface area contributed by atoms with Gasteiger partial charge in [-0.1, -0.05) is 6.07 Å². The van der Waals surface area contributed by atoms with E-state index in [2.05, 4.69) is 4.98 Å². The van der Waals surface area contributed by atoms with Crippen molar-refractivity contribution in [2.75, 3.05) is 18.8 Å². The minimum absolute atomic E-state index is 0.0111. The minimum atomic E-state index is -3.55. The van der Waals surface area contributed by atoms with Crippen LogP contribution in [0.1, 0.15) is 17.8 Å². The first-order valence-electron chi connectivity index (χ1n) is 6.46. The van der Waals surface area contributed by atoms with Gasteiger partial charge in [-0.3, -0.25) is 9.78 Å². The number of nitrogens with zero attached hydrogens (tertiary/aromatic N) is 2. The number of halogens is 1. The van der Waals surface area contributed by atoms with E-state index in [0.717, 1.165) is 11.4 Å². The molecule has 1 amide bonds. The Morgan fingerprint density at radius 3 is 2.85 bits per heavy atom. The molecule has 1 aliphatic rings. The number of carbonyl (C=O) groups is 1. The van der Waals surface area contributed by atoms with E-state index in [9.17, 15) is 13.2 Å². The summed E-state index contributed by atoms with van der Waals surface area (Å²) < 4.78 is 22.1. The van der Waals surface area contributed by atoms with Crippen LogP contribution in [0.2, 0.25) is 0 Å². The lowest BCUT2D eigenvalue weighted by atomic mass is 10.1. The number of pyridine rings is 1. The third-order valence-corrected chi connectivity index (χ3v) is 4.56. The van der Waals surface area contributed by atoms with Crippen molar-refractivity contribution >= 4 is 25.6 Å². The molecular formula is C13H17ClN2O3S. The molecule has 0 bridgehead atoms. The first-order valence-corrected chi connectivity index (χ1v) is 8.94. The van der Waals surface area contributed by atoms with Crippen LogP contribution in [-0.2, 0) is 20.3 Å². The summed E-state index contributed by atoms with van der Waals surface area (Å²) in [5.74, 6) is -0.349. The smallest absolute Gasteiger partial charge is 0.232 e. The molecule has 5 nitrogen and oxygen atoms in total. The van der Waals surface area contributed by atoms with Gasteiger partial charge >= 0.3 is 0 Å². The van der Waals surface area contributed by atoms with Gasteiger partial charge in [0.15, 0.2) is 0 Å². The van der Waals surface area contributed by atoms with Crippen molar-refractivity contribution < 1.29 is 13.2 Å². The van der Waals surface area contributed by atoms with Crippen LogP contribution in [0.4, 0.5) is 0 Å². The number of carbonyl (C=O) groups excluding carboxylic acids is 1. The van der Waals surface area contributed by atoms with E-state index in [-0.39, 0.29) is 24.0 Å². The van der Waals surface area contributed by atoms with Crippen molar-refractivity contribution in [2.45, 2.75) is 19.8 Å². The van der Waals surface area contributed by atoms with Crippen LogP contribution in [0.5, 0.6) is 0 Å². The lowest BCUT2D eigenvalue weighted by Crippen LogP contribution is -2.28. The standard InChI is InChI=1S/C13H17ClN2O3S/c1-10-3-2-4-12(15-10)5-6-16-8-11(7-13(16)17)9-20(14,18)19/h2-4,11H,5-9H2,1H3. The van der Waals surface area contributed by atoms with E-state index in [4.69, 9.17) is 10.7 Å². The summed E-state index contributed by atoms with van der Waals surface area (Å²) in [5.41, 5.74) is 1.88. The number of rotatable bonds is 5. The Kier molecular flexibility index (Phi) is 4.65. The first kappa shape index (κ1) is 15.3. The van der Waals surface area contributed by atoms with Gasteiger partial charge in [-0.2, -0.15) is 0 Å². The maximum absolute atomic E-state index is 11.8. The lowest BCUT2D eigenvalue weighted by molar-refractivity contribution is -0.127. The Hall–Kier alpha value is -1.14. The predicted octanol–water partition coefficient (Wildman–Crippen LogP) is 1.35. The molecule has 1 aliphatic heterocycles. The molecule has 20 heavy (non-hydrogen) atoms. The Morgan fingerprint density at radius 1 is 1.45 bits per heavy atom. The van der Waals surface area contributed by atoms with E-state index < -0.39 is 9.05 Å². The van der Waals surface area contributed by atoms with Crippen molar-refractivity contribution in [1.29, 1.82) is 0 Å². The maximum Gasteiger partial charge on any atom is 0.232 e. The van der Waals surface area contributed by atoms with Crippen LogP contribution in [0, 0.1) is 12.8 Å². The molecule has 0 aromatic carbocycles. The summed E-state index contributed by atoms with van der Waals surface area (Å²) >= 11 is 0. The van der Waals surface area contributed by atoms with Crippen LogP contribution in [0.25, 0.3) is 0 Å². The topological polar surface area (TPSA) is 67.3 Å². The van der Waals surface area contributed by atoms with Crippen LogP contribution >= 0.6 is 10.7 Å². The second-order valence-corrected chi connectivity index (χ2v) is 7.96. The number of amides is 1. The highest BCUT2D eigenvalue weighted by Crippen LogP contribution is 2.21. The van der Waals surface area contributed by atoms with Gasteiger partial charge in [0.05, 0.1) is 5.75 Å². The number of aromatic nitrogens is 1. The molecule has 0 aliphatic carbocycles. The Bertz CT molecular complexity index is 603. The SMILES string of the molecule is Cc1cccc(CCN2CC(CS(=O)(=O)Cl)CC2=O)n1. The molecule has 1 unspecified atom stereocenters. The van der Waals surface area contributed by atoms with E-state index >= 15 is 0 Å². The van der Waals surface area contributed by atoms with Gasteiger partial charge in [0, 0.05) is 53.9 Å².